The van der Waals surface area contributed by atoms with Gasteiger partial charge in [-0.05, 0) is 36.2 Å². The molecule has 25 heavy (non-hydrogen) atoms. The van der Waals surface area contributed by atoms with Crippen LogP contribution in [-0.2, 0) is 13.0 Å². The van der Waals surface area contributed by atoms with Crippen LogP contribution in [0.1, 0.15) is 21.9 Å². The standard InChI is InChI=1S/C18H16FN3O3/c19-14-3-1-2-4-16(14)24-12-17-22-15(11-25-17)18(23)21-10-7-13-5-8-20-9-6-13/h1-6,8-9,11H,7,10,12H2,(H,21,23). The van der Waals surface area contributed by atoms with Gasteiger partial charge >= 0.3 is 0 Å². The van der Waals surface area contributed by atoms with Gasteiger partial charge in [0.25, 0.3) is 5.91 Å². The number of rotatable bonds is 7. The zero-order chi connectivity index (χ0) is 17.5. The molecule has 0 saturated heterocycles. The van der Waals surface area contributed by atoms with E-state index in [1.807, 2.05) is 12.1 Å². The molecule has 0 fully saturated rings. The number of nitrogens with zero attached hydrogens (tertiary/aromatic N) is 2. The van der Waals surface area contributed by atoms with Crippen LogP contribution < -0.4 is 10.1 Å². The lowest BCUT2D eigenvalue weighted by Crippen LogP contribution is -2.26. The minimum Gasteiger partial charge on any atom is -0.481 e. The Morgan fingerprint density at radius 2 is 2.00 bits per heavy atom. The molecule has 0 aliphatic rings. The van der Waals surface area contributed by atoms with Crippen molar-refractivity contribution < 1.29 is 18.3 Å². The van der Waals surface area contributed by atoms with Crippen LogP contribution in [0.2, 0.25) is 0 Å². The molecule has 0 atom stereocenters. The largest absolute Gasteiger partial charge is 0.481 e. The molecule has 0 unspecified atom stereocenters. The summed E-state index contributed by atoms with van der Waals surface area (Å²) in [6.07, 6.45) is 5.35. The molecule has 2 aromatic heterocycles. The zero-order valence-electron chi connectivity index (χ0n) is 13.3. The van der Waals surface area contributed by atoms with E-state index in [0.29, 0.717) is 13.0 Å². The first-order valence-corrected chi connectivity index (χ1v) is 7.71. The molecular weight excluding hydrogens is 325 g/mol. The Morgan fingerprint density at radius 3 is 2.80 bits per heavy atom. The number of benzene rings is 1. The second-order valence-electron chi connectivity index (χ2n) is 5.21. The van der Waals surface area contributed by atoms with Crippen molar-refractivity contribution in [3.63, 3.8) is 0 Å². The number of nitrogens with one attached hydrogen (secondary N) is 1. The molecule has 0 saturated carbocycles. The SMILES string of the molecule is O=C(NCCc1ccncc1)c1coc(COc2ccccc2F)n1. The lowest BCUT2D eigenvalue weighted by molar-refractivity contribution is 0.0949. The molecule has 0 radical (unpaired) electrons. The summed E-state index contributed by atoms with van der Waals surface area (Å²) in [4.78, 5) is 20.0. The fraction of sp³-hybridized carbons (Fsp3) is 0.167. The molecule has 0 aliphatic heterocycles. The first-order chi connectivity index (χ1) is 12.2. The van der Waals surface area contributed by atoms with Gasteiger partial charge < -0.3 is 14.5 Å². The second kappa shape index (κ2) is 8.05. The summed E-state index contributed by atoms with van der Waals surface area (Å²) in [5.74, 6) is -0.510. The second-order valence-corrected chi connectivity index (χ2v) is 5.21. The molecule has 1 N–H and O–H groups in total. The van der Waals surface area contributed by atoms with Crippen LogP contribution in [0.5, 0.6) is 5.75 Å². The molecule has 6 nitrogen and oxygen atoms in total. The minimum atomic E-state index is -0.469. The first kappa shape index (κ1) is 16.6. The van der Waals surface area contributed by atoms with Crippen LogP contribution in [0.25, 0.3) is 0 Å². The van der Waals surface area contributed by atoms with Crippen LogP contribution in [0.15, 0.2) is 59.5 Å². The lowest BCUT2D eigenvalue weighted by atomic mass is 10.2. The average molecular weight is 341 g/mol. The van der Waals surface area contributed by atoms with E-state index in [2.05, 4.69) is 15.3 Å². The number of carbonyl (C=O) groups excluding carboxylic acids is 1. The van der Waals surface area contributed by atoms with Gasteiger partial charge in [-0.2, -0.15) is 0 Å². The normalized spacial score (nSPS) is 10.4. The predicted octanol–water partition coefficient (Wildman–Crippen LogP) is 2.76. The van der Waals surface area contributed by atoms with Gasteiger partial charge in [0.2, 0.25) is 5.89 Å². The molecule has 0 spiro atoms. The Morgan fingerprint density at radius 1 is 1.20 bits per heavy atom. The van der Waals surface area contributed by atoms with Gasteiger partial charge in [0.05, 0.1) is 0 Å². The lowest BCUT2D eigenvalue weighted by Gasteiger charge is -2.04. The van der Waals surface area contributed by atoms with Gasteiger partial charge in [-0.1, -0.05) is 12.1 Å². The summed E-state index contributed by atoms with van der Waals surface area (Å²) in [6.45, 7) is 0.405. The van der Waals surface area contributed by atoms with Crippen molar-refractivity contribution in [1.29, 1.82) is 0 Å². The number of hydrogen-bond acceptors (Lipinski definition) is 5. The van der Waals surface area contributed by atoms with Gasteiger partial charge in [0, 0.05) is 18.9 Å². The number of oxazole rings is 1. The van der Waals surface area contributed by atoms with Gasteiger partial charge in [-0.15, -0.1) is 0 Å². The van der Waals surface area contributed by atoms with Crippen molar-refractivity contribution in [2.45, 2.75) is 13.0 Å². The zero-order valence-corrected chi connectivity index (χ0v) is 13.3. The third-order valence-corrected chi connectivity index (χ3v) is 3.42. The fourth-order valence-electron chi connectivity index (χ4n) is 2.14. The highest BCUT2D eigenvalue weighted by molar-refractivity contribution is 5.91. The molecular formula is C18H16FN3O3. The van der Waals surface area contributed by atoms with Gasteiger partial charge in [0.15, 0.2) is 23.9 Å². The fourth-order valence-corrected chi connectivity index (χ4v) is 2.14. The molecule has 0 bridgehead atoms. The number of aromatic nitrogens is 2. The van der Waals surface area contributed by atoms with Crippen molar-refractivity contribution >= 4 is 5.91 Å². The number of amides is 1. The summed E-state index contributed by atoms with van der Waals surface area (Å²) in [6, 6.07) is 9.82. The Bertz CT molecular complexity index is 836. The topological polar surface area (TPSA) is 77.2 Å². The smallest absolute Gasteiger partial charge is 0.273 e. The van der Waals surface area contributed by atoms with E-state index >= 15 is 0 Å². The van der Waals surface area contributed by atoms with Crippen molar-refractivity contribution in [3.8, 4) is 5.75 Å². The Kier molecular flexibility index (Phi) is 5.36. The molecule has 1 aromatic carbocycles. The van der Waals surface area contributed by atoms with E-state index in [4.69, 9.17) is 9.15 Å². The molecule has 1 amide bonds. The average Bonchev–Trinajstić information content (AvgIpc) is 3.11. The van der Waals surface area contributed by atoms with Crippen LogP contribution in [0, 0.1) is 5.82 Å². The van der Waals surface area contributed by atoms with Crippen LogP contribution in [0.4, 0.5) is 4.39 Å². The van der Waals surface area contributed by atoms with Gasteiger partial charge in [0.1, 0.15) is 6.26 Å². The number of carbonyl (C=O) groups is 1. The van der Waals surface area contributed by atoms with E-state index in [0.717, 1.165) is 5.56 Å². The molecule has 7 heteroatoms. The Hall–Kier alpha value is -3.22. The van der Waals surface area contributed by atoms with E-state index in [1.165, 1.54) is 18.4 Å². The Balaban J connectivity index is 1.49. The summed E-state index contributed by atoms with van der Waals surface area (Å²) in [5.41, 5.74) is 1.23. The van der Waals surface area contributed by atoms with Crippen molar-refractivity contribution in [2.24, 2.45) is 0 Å². The van der Waals surface area contributed by atoms with Crippen LogP contribution >= 0.6 is 0 Å². The number of hydrogen-bond donors (Lipinski definition) is 1. The number of pyridine rings is 1. The minimum absolute atomic E-state index is 0.0643. The van der Waals surface area contributed by atoms with E-state index in [9.17, 15) is 9.18 Å². The highest BCUT2D eigenvalue weighted by atomic mass is 19.1. The van der Waals surface area contributed by atoms with E-state index in [-0.39, 0.29) is 29.8 Å². The summed E-state index contributed by atoms with van der Waals surface area (Å²) in [5, 5.41) is 2.76. The van der Waals surface area contributed by atoms with Crippen molar-refractivity contribution in [2.75, 3.05) is 6.54 Å². The third-order valence-electron chi connectivity index (χ3n) is 3.42. The number of halogens is 1. The number of para-hydroxylation sites is 1. The van der Waals surface area contributed by atoms with Crippen molar-refractivity contribution in [3.05, 3.63) is 78.0 Å². The van der Waals surface area contributed by atoms with Crippen LogP contribution in [0.3, 0.4) is 0 Å². The summed E-state index contributed by atoms with van der Waals surface area (Å²) < 4.78 is 23.9. The predicted molar refractivity (Wildman–Crippen MR) is 87.5 cm³/mol. The maximum atomic E-state index is 13.5. The van der Waals surface area contributed by atoms with E-state index < -0.39 is 5.82 Å². The highest BCUT2D eigenvalue weighted by Gasteiger charge is 2.13. The van der Waals surface area contributed by atoms with Gasteiger partial charge in [-0.3, -0.25) is 9.78 Å². The summed E-state index contributed by atoms with van der Waals surface area (Å²) in [7, 11) is 0. The van der Waals surface area contributed by atoms with Crippen molar-refractivity contribution in [1.82, 2.24) is 15.3 Å². The first-order valence-electron chi connectivity index (χ1n) is 7.71. The highest BCUT2D eigenvalue weighted by Crippen LogP contribution is 2.17. The van der Waals surface area contributed by atoms with Gasteiger partial charge in [-0.25, -0.2) is 9.37 Å². The molecule has 3 rings (SSSR count). The van der Waals surface area contributed by atoms with E-state index in [1.54, 1.807) is 24.5 Å². The maximum Gasteiger partial charge on any atom is 0.273 e. The summed E-state index contributed by atoms with van der Waals surface area (Å²) >= 11 is 0. The monoisotopic (exact) mass is 341 g/mol. The number of ether oxygens (including phenoxy) is 1. The quantitative estimate of drug-likeness (QED) is 0.715. The Labute approximate surface area is 143 Å². The molecule has 3 aromatic rings. The van der Waals surface area contributed by atoms with Crippen LogP contribution in [-0.4, -0.2) is 22.4 Å². The molecule has 2 heterocycles. The molecule has 0 aliphatic carbocycles. The molecule has 128 valence electrons. The third kappa shape index (κ3) is 4.63. The maximum absolute atomic E-state index is 13.5.